The summed E-state index contributed by atoms with van der Waals surface area (Å²) >= 11 is 0. The number of aromatic amines is 1. The number of carbonyl (C=O) groups excluding carboxylic acids is 1. The molecule has 0 radical (unpaired) electrons. The first kappa shape index (κ1) is 13.8. The van der Waals surface area contributed by atoms with Crippen molar-refractivity contribution in [3.63, 3.8) is 0 Å². The van der Waals surface area contributed by atoms with Crippen molar-refractivity contribution in [1.29, 1.82) is 0 Å². The van der Waals surface area contributed by atoms with Crippen molar-refractivity contribution < 1.29 is 9.90 Å². The van der Waals surface area contributed by atoms with Crippen LogP contribution in [0.15, 0.2) is 4.79 Å². The van der Waals surface area contributed by atoms with Gasteiger partial charge in [-0.15, -0.1) is 0 Å². The van der Waals surface area contributed by atoms with Crippen molar-refractivity contribution in [3.05, 3.63) is 27.2 Å². The first-order chi connectivity index (χ1) is 8.85. The van der Waals surface area contributed by atoms with Crippen LogP contribution in [0, 0.1) is 5.41 Å². The molecule has 2 rings (SSSR count). The van der Waals surface area contributed by atoms with Crippen LogP contribution in [0.1, 0.15) is 61.6 Å². The zero-order valence-electron chi connectivity index (χ0n) is 11.8. The second-order valence-electron chi connectivity index (χ2n) is 6.18. The number of hydrogen-bond acceptors (Lipinski definition) is 3. The van der Waals surface area contributed by atoms with Gasteiger partial charge in [-0.1, -0.05) is 27.2 Å². The summed E-state index contributed by atoms with van der Waals surface area (Å²) in [5.74, 6) is -0.162. The zero-order chi connectivity index (χ0) is 14.2. The number of Topliss-reactive ketones (excluding diaryl/α,β-unsaturated/α-hetero) is 1. The highest BCUT2D eigenvalue weighted by Gasteiger charge is 2.34. The van der Waals surface area contributed by atoms with Gasteiger partial charge in [0, 0.05) is 12.1 Å². The molecule has 4 heteroatoms. The third-order valence-electron chi connectivity index (χ3n) is 3.72. The number of aromatic nitrogens is 1. The van der Waals surface area contributed by atoms with E-state index in [1.54, 1.807) is 0 Å². The summed E-state index contributed by atoms with van der Waals surface area (Å²) in [6, 6.07) is 0. The fourth-order valence-corrected chi connectivity index (χ4v) is 2.76. The molecule has 0 aromatic carbocycles. The van der Waals surface area contributed by atoms with Gasteiger partial charge in [-0.3, -0.25) is 9.59 Å². The lowest BCUT2D eigenvalue weighted by Gasteiger charge is -2.30. The van der Waals surface area contributed by atoms with Crippen LogP contribution in [0.5, 0.6) is 5.75 Å². The summed E-state index contributed by atoms with van der Waals surface area (Å²) < 4.78 is 0. The third kappa shape index (κ3) is 2.57. The Morgan fingerprint density at radius 2 is 1.95 bits per heavy atom. The van der Waals surface area contributed by atoms with Crippen LogP contribution in [0.3, 0.4) is 0 Å². The van der Waals surface area contributed by atoms with Crippen LogP contribution >= 0.6 is 0 Å². The molecule has 0 saturated carbocycles. The van der Waals surface area contributed by atoms with Gasteiger partial charge in [0.05, 0.1) is 11.1 Å². The van der Waals surface area contributed by atoms with Gasteiger partial charge in [0.2, 0.25) is 0 Å². The number of ketones is 1. The molecule has 0 saturated heterocycles. The first-order valence-corrected chi connectivity index (χ1v) is 6.86. The summed E-state index contributed by atoms with van der Waals surface area (Å²) in [4.78, 5) is 27.0. The molecule has 1 heterocycles. The van der Waals surface area contributed by atoms with Crippen LogP contribution < -0.4 is 5.56 Å². The predicted molar refractivity (Wildman–Crippen MR) is 73.8 cm³/mol. The lowest BCUT2D eigenvalue weighted by atomic mass is 9.75. The van der Waals surface area contributed by atoms with E-state index in [1.807, 2.05) is 20.8 Å². The second kappa shape index (κ2) is 4.83. The highest BCUT2D eigenvalue weighted by Crippen LogP contribution is 2.37. The number of fused-ring (bicyclic) bond motifs is 1. The van der Waals surface area contributed by atoms with Gasteiger partial charge in [0.15, 0.2) is 5.78 Å². The third-order valence-corrected chi connectivity index (χ3v) is 3.72. The van der Waals surface area contributed by atoms with E-state index in [2.05, 4.69) is 4.98 Å². The topological polar surface area (TPSA) is 70.2 Å². The van der Waals surface area contributed by atoms with Crippen molar-refractivity contribution in [3.8, 4) is 5.75 Å². The molecule has 0 atom stereocenters. The van der Waals surface area contributed by atoms with Crippen molar-refractivity contribution in [2.75, 3.05) is 0 Å². The maximum atomic E-state index is 12.2. The Hall–Kier alpha value is -1.58. The molecule has 4 nitrogen and oxygen atoms in total. The van der Waals surface area contributed by atoms with Crippen LogP contribution in [0.2, 0.25) is 0 Å². The monoisotopic (exact) mass is 263 g/mol. The van der Waals surface area contributed by atoms with Crippen LogP contribution in [0.4, 0.5) is 0 Å². The van der Waals surface area contributed by atoms with E-state index >= 15 is 0 Å². The van der Waals surface area contributed by atoms with Gasteiger partial charge < -0.3 is 10.1 Å². The number of aromatic hydroxyl groups is 1. The highest BCUT2D eigenvalue weighted by atomic mass is 16.3. The van der Waals surface area contributed by atoms with Gasteiger partial charge in [-0.2, -0.15) is 0 Å². The Morgan fingerprint density at radius 1 is 1.26 bits per heavy atom. The molecule has 0 spiro atoms. The Morgan fingerprint density at radius 3 is 2.58 bits per heavy atom. The Labute approximate surface area is 112 Å². The summed E-state index contributed by atoms with van der Waals surface area (Å²) in [5, 5.41) is 10.2. The molecule has 104 valence electrons. The average molecular weight is 263 g/mol. The van der Waals surface area contributed by atoms with Crippen molar-refractivity contribution >= 4 is 5.78 Å². The fourth-order valence-electron chi connectivity index (χ4n) is 2.76. The second-order valence-corrected chi connectivity index (χ2v) is 6.18. The van der Waals surface area contributed by atoms with Crippen molar-refractivity contribution in [2.45, 2.75) is 52.9 Å². The maximum absolute atomic E-state index is 12.2. The average Bonchev–Trinajstić information content (AvgIpc) is 2.25. The summed E-state index contributed by atoms with van der Waals surface area (Å²) in [5.41, 5.74) is 0.864. The standard InChI is InChI=1S/C15H21NO3/c1-4-5-6-9-13(18)12-10(16-14(9)19)7-15(2,3)8-11(12)17/h4-8H2,1-3H3,(H2,16,18,19). The Kier molecular flexibility index (Phi) is 3.52. The van der Waals surface area contributed by atoms with Crippen molar-refractivity contribution in [1.82, 2.24) is 4.98 Å². The van der Waals surface area contributed by atoms with E-state index in [1.165, 1.54) is 0 Å². The molecule has 19 heavy (non-hydrogen) atoms. The molecule has 0 unspecified atom stereocenters. The van der Waals surface area contributed by atoms with Crippen LogP contribution in [-0.4, -0.2) is 15.9 Å². The molecule has 0 fully saturated rings. The summed E-state index contributed by atoms with van der Waals surface area (Å²) in [7, 11) is 0. The van der Waals surface area contributed by atoms with Gasteiger partial charge >= 0.3 is 0 Å². The SMILES string of the molecule is CCCCc1c(O)c2c([nH]c1=O)CC(C)(C)CC2=O. The molecule has 0 bridgehead atoms. The molecule has 1 aromatic rings. The minimum Gasteiger partial charge on any atom is -0.507 e. The molecule has 0 amide bonds. The van der Waals surface area contributed by atoms with Crippen LogP contribution in [0.25, 0.3) is 0 Å². The largest absolute Gasteiger partial charge is 0.507 e. The minimum absolute atomic E-state index is 0.0715. The number of nitrogens with one attached hydrogen (secondary N) is 1. The van der Waals surface area contributed by atoms with E-state index in [9.17, 15) is 14.7 Å². The normalized spacial score (nSPS) is 17.3. The van der Waals surface area contributed by atoms with Gasteiger partial charge in [0.1, 0.15) is 5.75 Å². The predicted octanol–water partition coefficient (Wildman–Crippen LogP) is 2.58. The number of rotatable bonds is 3. The van der Waals surface area contributed by atoms with E-state index in [-0.39, 0.29) is 22.5 Å². The van der Waals surface area contributed by atoms with E-state index in [0.717, 1.165) is 12.8 Å². The van der Waals surface area contributed by atoms with Crippen LogP contribution in [-0.2, 0) is 12.8 Å². The number of H-pyrrole nitrogens is 1. The lowest BCUT2D eigenvalue weighted by Crippen LogP contribution is -2.31. The highest BCUT2D eigenvalue weighted by molar-refractivity contribution is 6.01. The molecule has 1 aliphatic carbocycles. The molecular weight excluding hydrogens is 242 g/mol. The van der Waals surface area contributed by atoms with Gasteiger partial charge in [-0.25, -0.2) is 0 Å². The van der Waals surface area contributed by atoms with Crippen molar-refractivity contribution in [2.24, 2.45) is 5.41 Å². The molecule has 2 N–H and O–H groups in total. The molecular formula is C15H21NO3. The zero-order valence-corrected chi connectivity index (χ0v) is 11.8. The molecule has 1 aliphatic rings. The number of carbonyl (C=O) groups is 1. The summed E-state index contributed by atoms with van der Waals surface area (Å²) in [6.45, 7) is 6.01. The summed E-state index contributed by atoms with van der Waals surface area (Å²) in [6.07, 6.45) is 3.31. The molecule has 1 aromatic heterocycles. The van der Waals surface area contributed by atoms with E-state index in [4.69, 9.17) is 0 Å². The lowest BCUT2D eigenvalue weighted by molar-refractivity contribution is 0.0906. The maximum Gasteiger partial charge on any atom is 0.255 e. The Bertz CT molecular complexity index is 569. The smallest absolute Gasteiger partial charge is 0.255 e. The number of hydrogen-bond donors (Lipinski definition) is 2. The number of unbranched alkanes of at least 4 members (excludes halogenated alkanes) is 1. The Balaban J connectivity index is 2.54. The minimum atomic E-state index is -0.254. The fraction of sp³-hybridized carbons (Fsp3) is 0.600. The van der Waals surface area contributed by atoms with E-state index < -0.39 is 0 Å². The van der Waals surface area contributed by atoms with Gasteiger partial charge in [0.25, 0.3) is 5.56 Å². The quantitative estimate of drug-likeness (QED) is 0.880. The van der Waals surface area contributed by atoms with E-state index in [0.29, 0.717) is 36.1 Å². The molecule has 0 aliphatic heterocycles. The number of pyridine rings is 1. The van der Waals surface area contributed by atoms with Gasteiger partial charge in [-0.05, 0) is 24.7 Å². The first-order valence-electron chi connectivity index (χ1n) is 6.86.